The smallest absolute Gasteiger partial charge is 0.107 e. The van der Waals surface area contributed by atoms with E-state index >= 15 is 0 Å². The van der Waals surface area contributed by atoms with Crippen LogP contribution in [0.4, 0.5) is 0 Å². The average molecular weight is 343 g/mol. The summed E-state index contributed by atoms with van der Waals surface area (Å²) in [6, 6.07) is 8.97. The maximum absolute atomic E-state index is 4.87. The Morgan fingerprint density at radius 3 is 2.67 bits per heavy atom. The first-order chi connectivity index (χ1) is 11.6. The van der Waals surface area contributed by atoms with Gasteiger partial charge in [-0.05, 0) is 55.8 Å². The summed E-state index contributed by atoms with van der Waals surface area (Å²) < 4.78 is 0. The van der Waals surface area contributed by atoms with Crippen molar-refractivity contribution in [3.63, 3.8) is 0 Å². The second-order valence-electron chi connectivity index (χ2n) is 7.43. The Morgan fingerprint density at radius 1 is 1.25 bits per heavy atom. The molecule has 0 N–H and O–H groups in total. The predicted molar refractivity (Wildman–Crippen MR) is 105 cm³/mol. The van der Waals surface area contributed by atoms with E-state index in [0.717, 1.165) is 12.5 Å². The van der Waals surface area contributed by atoms with Crippen LogP contribution < -0.4 is 0 Å². The monoisotopic (exact) mass is 342 g/mol. The number of benzene rings is 1. The van der Waals surface area contributed by atoms with E-state index in [1.54, 1.807) is 0 Å². The molecule has 0 saturated carbocycles. The van der Waals surface area contributed by atoms with Crippen LogP contribution in [0.15, 0.2) is 24.3 Å². The van der Waals surface area contributed by atoms with Crippen LogP contribution in [-0.2, 0) is 6.54 Å². The quantitative estimate of drug-likeness (QED) is 0.676. The minimum atomic E-state index is 0.567. The van der Waals surface area contributed by atoms with E-state index in [0.29, 0.717) is 5.92 Å². The van der Waals surface area contributed by atoms with Gasteiger partial charge in [-0.15, -0.1) is 11.3 Å². The van der Waals surface area contributed by atoms with E-state index in [1.807, 2.05) is 11.3 Å². The van der Waals surface area contributed by atoms with Gasteiger partial charge >= 0.3 is 0 Å². The van der Waals surface area contributed by atoms with Crippen molar-refractivity contribution in [2.75, 3.05) is 13.1 Å². The van der Waals surface area contributed by atoms with Crippen molar-refractivity contribution in [3.05, 3.63) is 40.5 Å². The summed E-state index contributed by atoms with van der Waals surface area (Å²) in [5.41, 5.74) is 3.91. The summed E-state index contributed by atoms with van der Waals surface area (Å²) in [5, 5.41) is 1.27. The van der Waals surface area contributed by atoms with Gasteiger partial charge in [-0.2, -0.15) is 0 Å². The van der Waals surface area contributed by atoms with Gasteiger partial charge in [0.05, 0.1) is 17.1 Å². The molecule has 1 saturated heterocycles. The summed E-state index contributed by atoms with van der Waals surface area (Å²) in [6.07, 6.45) is 4.04. The average Bonchev–Trinajstić information content (AvgIpc) is 2.96. The molecule has 1 aliphatic rings. The predicted octanol–water partition coefficient (Wildman–Crippen LogP) is 5.86. The number of nitrogens with zero attached hydrogens (tertiary/aromatic N) is 2. The number of likely N-dealkylation sites (tertiary alicyclic amines) is 1. The molecule has 1 fully saturated rings. The largest absolute Gasteiger partial charge is 0.297 e. The summed E-state index contributed by atoms with van der Waals surface area (Å²) in [6.45, 7) is 12.5. The molecule has 130 valence electrons. The Kier molecular flexibility index (Phi) is 5.72. The zero-order chi connectivity index (χ0) is 17.1. The zero-order valence-corrected chi connectivity index (χ0v) is 16.3. The van der Waals surface area contributed by atoms with E-state index in [4.69, 9.17) is 4.98 Å². The SMILES string of the molecule is CCC1CCN(Cc2nc(C)c(-c3cccc(C(C)C)c3)s2)CC1. The van der Waals surface area contributed by atoms with Gasteiger partial charge in [0.1, 0.15) is 5.01 Å². The molecule has 0 aliphatic carbocycles. The molecule has 1 aromatic heterocycles. The van der Waals surface area contributed by atoms with Crippen LogP contribution in [0.5, 0.6) is 0 Å². The highest BCUT2D eigenvalue weighted by atomic mass is 32.1. The van der Waals surface area contributed by atoms with E-state index in [-0.39, 0.29) is 0 Å². The molecule has 1 aliphatic heterocycles. The van der Waals surface area contributed by atoms with Crippen molar-refractivity contribution in [2.45, 2.75) is 59.4 Å². The molecule has 24 heavy (non-hydrogen) atoms. The molecule has 1 aromatic carbocycles. The third-order valence-electron chi connectivity index (χ3n) is 5.30. The Labute approximate surface area is 150 Å². The third kappa shape index (κ3) is 4.07. The van der Waals surface area contributed by atoms with Crippen molar-refractivity contribution in [3.8, 4) is 10.4 Å². The first-order valence-corrected chi connectivity index (χ1v) is 10.2. The maximum Gasteiger partial charge on any atom is 0.107 e. The molecule has 3 rings (SSSR count). The molecule has 2 aromatic rings. The van der Waals surface area contributed by atoms with Gasteiger partial charge < -0.3 is 0 Å². The number of hydrogen-bond acceptors (Lipinski definition) is 3. The minimum Gasteiger partial charge on any atom is -0.297 e. The lowest BCUT2D eigenvalue weighted by atomic mass is 9.94. The third-order valence-corrected chi connectivity index (χ3v) is 6.49. The van der Waals surface area contributed by atoms with Gasteiger partial charge in [-0.3, -0.25) is 4.90 Å². The Hall–Kier alpha value is -1.19. The number of aromatic nitrogens is 1. The fourth-order valence-electron chi connectivity index (χ4n) is 3.57. The second-order valence-corrected chi connectivity index (χ2v) is 8.51. The molecule has 0 radical (unpaired) electrons. The van der Waals surface area contributed by atoms with Crippen LogP contribution in [0, 0.1) is 12.8 Å². The van der Waals surface area contributed by atoms with Crippen molar-refractivity contribution in [1.29, 1.82) is 0 Å². The fourth-order valence-corrected chi connectivity index (χ4v) is 4.67. The molecule has 0 atom stereocenters. The number of piperidine rings is 1. The second kappa shape index (κ2) is 7.79. The molecule has 3 heteroatoms. The van der Waals surface area contributed by atoms with E-state index < -0.39 is 0 Å². The zero-order valence-electron chi connectivity index (χ0n) is 15.5. The lowest BCUT2D eigenvalue weighted by Gasteiger charge is -2.30. The number of aryl methyl sites for hydroxylation is 1. The van der Waals surface area contributed by atoms with Crippen molar-refractivity contribution < 1.29 is 0 Å². The number of rotatable bonds is 5. The lowest BCUT2D eigenvalue weighted by Crippen LogP contribution is -2.32. The van der Waals surface area contributed by atoms with Crippen LogP contribution >= 0.6 is 11.3 Å². The normalized spacial score (nSPS) is 16.9. The molecular formula is C21H30N2S. The van der Waals surface area contributed by atoms with Crippen LogP contribution in [0.25, 0.3) is 10.4 Å². The summed E-state index contributed by atoms with van der Waals surface area (Å²) >= 11 is 1.88. The summed E-state index contributed by atoms with van der Waals surface area (Å²) in [7, 11) is 0. The minimum absolute atomic E-state index is 0.567. The Morgan fingerprint density at radius 2 is 2.00 bits per heavy atom. The van der Waals surface area contributed by atoms with E-state index in [2.05, 4.69) is 56.9 Å². The van der Waals surface area contributed by atoms with E-state index in [9.17, 15) is 0 Å². The number of thiazole rings is 1. The van der Waals surface area contributed by atoms with Crippen LogP contribution in [0.1, 0.15) is 62.2 Å². The van der Waals surface area contributed by atoms with Crippen LogP contribution in [-0.4, -0.2) is 23.0 Å². The van der Waals surface area contributed by atoms with Gasteiger partial charge in [0.25, 0.3) is 0 Å². The van der Waals surface area contributed by atoms with Gasteiger partial charge in [0, 0.05) is 0 Å². The standard InChI is InChI=1S/C21H30N2S/c1-5-17-9-11-23(12-10-17)14-20-22-16(4)21(24-20)19-8-6-7-18(13-19)15(2)3/h6-8,13,15,17H,5,9-12,14H2,1-4H3. The molecule has 0 unspecified atom stereocenters. The molecule has 2 nitrogen and oxygen atoms in total. The molecule has 0 bridgehead atoms. The first kappa shape index (κ1) is 17.6. The number of hydrogen-bond donors (Lipinski definition) is 0. The topological polar surface area (TPSA) is 16.1 Å². The molecule has 0 amide bonds. The highest BCUT2D eigenvalue weighted by molar-refractivity contribution is 7.15. The van der Waals surface area contributed by atoms with Crippen LogP contribution in [0.3, 0.4) is 0 Å². The van der Waals surface area contributed by atoms with Crippen LogP contribution in [0.2, 0.25) is 0 Å². The van der Waals surface area contributed by atoms with Crippen molar-refractivity contribution in [2.24, 2.45) is 5.92 Å². The van der Waals surface area contributed by atoms with Gasteiger partial charge in [-0.1, -0.05) is 51.5 Å². The molecule has 0 spiro atoms. The van der Waals surface area contributed by atoms with Gasteiger partial charge in [0.15, 0.2) is 0 Å². The molecule has 2 heterocycles. The highest BCUT2D eigenvalue weighted by Gasteiger charge is 2.19. The first-order valence-electron chi connectivity index (χ1n) is 9.35. The summed E-state index contributed by atoms with van der Waals surface area (Å²) in [5.74, 6) is 1.51. The van der Waals surface area contributed by atoms with Gasteiger partial charge in [0.2, 0.25) is 0 Å². The van der Waals surface area contributed by atoms with E-state index in [1.165, 1.54) is 59.1 Å². The Balaban J connectivity index is 1.72. The Bertz CT molecular complexity index is 666. The van der Waals surface area contributed by atoms with Crippen molar-refractivity contribution in [1.82, 2.24) is 9.88 Å². The van der Waals surface area contributed by atoms with Gasteiger partial charge in [-0.25, -0.2) is 4.98 Å². The molecular weight excluding hydrogens is 312 g/mol. The lowest BCUT2D eigenvalue weighted by molar-refractivity contribution is 0.175. The van der Waals surface area contributed by atoms with Crippen molar-refractivity contribution >= 4 is 11.3 Å². The fraction of sp³-hybridized carbons (Fsp3) is 0.571. The highest BCUT2D eigenvalue weighted by Crippen LogP contribution is 2.33. The summed E-state index contributed by atoms with van der Waals surface area (Å²) in [4.78, 5) is 8.80. The maximum atomic E-state index is 4.87.